The third kappa shape index (κ3) is 3.98. The molecule has 1 saturated heterocycles. The van der Waals surface area contributed by atoms with Crippen molar-refractivity contribution >= 4 is 0 Å². The van der Waals surface area contributed by atoms with Gasteiger partial charge >= 0.3 is 6.55 Å². The van der Waals surface area contributed by atoms with Crippen molar-refractivity contribution in [3.63, 3.8) is 0 Å². The summed E-state index contributed by atoms with van der Waals surface area (Å²) in [6, 6.07) is 11.4. The molecule has 0 saturated carbocycles. The first kappa shape index (κ1) is 17.0. The highest BCUT2D eigenvalue weighted by Crippen LogP contribution is 2.33. The second kappa shape index (κ2) is 6.96. The van der Waals surface area contributed by atoms with Gasteiger partial charge in [-0.1, -0.05) is 30.3 Å². The number of alkyl halides is 2. The van der Waals surface area contributed by atoms with Crippen molar-refractivity contribution in [2.24, 2.45) is 0 Å². The van der Waals surface area contributed by atoms with Crippen molar-refractivity contribution in [1.82, 2.24) is 15.1 Å². The van der Waals surface area contributed by atoms with Crippen molar-refractivity contribution in [1.29, 1.82) is 0 Å². The summed E-state index contributed by atoms with van der Waals surface area (Å²) in [5.74, 6) is -0.671. The molecule has 0 radical (unpaired) electrons. The molecule has 2 atom stereocenters. The van der Waals surface area contributed by atoms with Crippen molar-refractivity contribution in [2.45, 2.75) is 44.9 Å². The topological polar surface area (TPSA) is 48.3 Å². The van der Waals surface area contributed by atoms with Crippen molar-refractivity contribution in [3.8, 4) is 0 Å². The van der Waals surface area contributed by atoms with E-state index in [0.717, 1.165) is 5.56 Å². The molecule has 1 N–H and O–H groups in total. The summed E-state index contributed by atoms with van der Waals surface area (Å²) in [5, 5.41) is 7.15. The fourth-order valence-electron chi connectivity index (χ4n) is 2.72. The summed E-state index contributed by atoms with van der Waals surface area (Å²) in [6.07, 6.45) is 1.08. The third-order valence-electron chi connectivity index (χ3n) is 3.92. The van der Waals surface area contributed by atoms with E-state index < -0.39 is 12.3 Å². The van der Waals surface area contributed by atoms with Crippen molar-refractivity contribution < 1.29 is 18.3 Å². The summed E-state index contributed by atoms with van der Waals surface area (Å²) >= 11 is 0. The molecule has 2 aromatic rings. The summed E-state index contributed by atoms with van der Waals surface area (Å²) in [4.78, 5) is 0. The molecule has 24 heavy (non-hydrogen) atoms. The highest BCUT2D eigenvalue weighted by Gasteiger charge is 2.37. The smallest absolute Gasteiger partial charge is 0.333 e. The van der Waals surface area contributed by atoms with Crippen molar-refractivity contribution in [3.05, 3.63) is 53.9 Å². The van der Waals surface area contributed by atoms with E-state index in [1.54, 1.807) is 6.07 Å². The largest absolute Gasteiger partial charge is 0.349 e. The first-order valence-electron chi connectivity index (χ1n) is 7.87. The summed E-state index contributed by atoms with van der Waals surface area (Å²) < 4.78 is 37.6. The van der Waals surface area contributed by atoms with E-state index in [1.165, 1.54) is 6.20 Å². The lowest BCUT2D eigenvalue weighted by atomic mass is 10.0. The monoisotopic (exact) mass is 337 g/mol. The maximum Gasteiger partial charge on any atom is 0.333 e. The predicted octanol–water partition coefficient (Wildman–Crippen LogP) is 3.26. The Morgan fingerprint density at radius 3 is 2.71 bits per heavy atom. The van der Waals surface area contributed by atoms with Crippen LogP contribution in [0.25, 0.3) is 0 Å². The zero-order valence-electron chi connectivity index (χ0n) is 13.7. The van der Waals surface area contributed by atoms with Gasteiger partial charge in [-0.3, -0.25) is 0 Å². The quantitative estimate of drug-likeness (QED) is 0.910. The lowest BCUT2D eigenvalue weighted by Crippen LogP contribution is -2.50. The Bertz CT molecular complexity index is 661. The van der Waals surface area contributed by atoms with E-state index in [9.17, 15) is 8.78 Å². The van der Waals surface area contributed by atoms with Crippen LogP contribution in [0, 0.1) is 0 Å². The molecule has 7 heteroatoms. The van der Waals surface area contributed by atoms with Gasteiger partial charge in [0, 0.05) is 12.7 Å². The molecule has 130 valence electrons. The SMILES string of the molecule is CC1(C)OC[C@@H](NCc2ccn(C(F)F)n2)[C@@H](c2ccccc2)O1. The van der Waals surface area contributed by atoms with Crippen LogP contribution in [0.3, 0.4) is 0 Å². The van der Waals surface area contributed by atoms with Gasteiger partial charge in [-0.05, 0) is 25.5 Å². The molecule has 1 fully saturated rings. The number of halogens is 2. The zero-order chi connectivity index (χ0) is 17.2. The summed E-state index contributed by atoms with van der Waals surface area (Å²) in [6.45, 7) is 1.95. The van der Waals surface area contributed by atoms with Gasteiger partial charge in [0.25, 0.3) is 0 Å². The number of hydrogen-bond donors (Lipinski definition) is 1. The molecular weight excluding hydrogens is 316 g/mol. The van der Waals surface area contributed by atoms with Crippen LogP contribution in [0.4, 0.5) is 8.78 Å². The maximum atomic E-state index is 12.6. The highest BCUT2D eigenvalue weighted by molar-refractivity contribution is 5.20. The number of hydrogen-bond acceptors (Lipinski definition) is 4. The van der Waals surface area contributed by atoms with Gasteiger partial charge in [-0.25, -0.2) is 4.68 Å². The molecule has 0 spiro atoms. The molecule has 1 aliphatic heterocycles. The Morgan fingerprint density at radius 1 is 1.29 bits per heavy atom. The predicted molar refractivity (Wildman–Crippen MR) is 84.4 cm³/mol. The molecule has 1 aromatic heterocycles. The zero-order valence-corrected chi connectivity index (χ0v) is 13.7. The lowest BCUT2D eigenvalue weighted by molar-refractivity contribution is -0.285. The Morgan fingerprint density at radius 2 is 2.04 bits per heavy atom. The normalized spacial score (nSPS) is 23.5. The molecule has 0 amide bonds. The maximum absolute atomic E-state index is 12.6. The summed E-state index contributed by atoms with van der Waals surface area (Å²) in [5.41, 5.74) is 1.59. The van der Waals surface area contributed by atoms with Gasteiger partial charge in [0.15, 0.2) is 5.79 Å². The van der Waals surface area contributed by atoms with Crippen LogP contribution < -0.4 is 5.32 Å². The van der Waals surface area contributed by atoms with Crippen LogP contribution in [0.15, 0.2) is 42.6 Å². The molecule has 0 aliphatic carbocycles. The fourth-order valence-corrected chi connectivity index (χ4v) is 2.72. The minimum Gasteiger partial charge on any atom is -0.349 e. The average Bonchev–Trinajstić information content (AvgIpc) is 3.03. The minimum atomic E-state index is -2.63. The second-order valence-corrected chi connectivity index (χ2v) is 6.21. The van der Waals surface area contributed by atoms with Crippen LogP contribution in [0.1, 0.15) is 37.8 Å². The molecule has 1 aliphatic rings. The molecule has 1 aromatic carbocycles. The number of nitrogens with zero attached hydrogens (tertiary/aromatic N) is 2. The van der Waals surface area contributed by atoms with E-state index >= 15 is 0 Å². The standard InChI is InChI=1S/C17H21F2N3O2/c1-17(2)23-11-14(15(24-17)12-6-4-3-5-7-12)20-10-13-8-9-22(21-13)16(18)19/h3-9,14-16,20H,10-11H2,1-2H3/t14-,15-/m1/s1. The molecule has 0 bridgehead atoms. The third-order valence-corrected chi connectivity index (χ3v) is 3.92. The molecular formula is C17H21F2N3O2. The highest BCUT2D eigenvalue weighted by atomic mass is 19.3. The van der Waals surface area contributed by atoms with Gasteiger partial charge < -0.3 is 14.8 Å². The van der Waals surface area contributed by atoms with E-state index in [4.69, 9.17) is 9.47 Å². The number of benzene rings is 1. The Labute approximate surface area is 139 Å². The van der Waals surface area contributed by atoms with Crippen molar-refractivity contribution in [2.75, 3.05) is 6.61 Å². The Balaban J connectivity index is 1.70. The van der Waals surface area contributed by atoms with Gasteiger partial charge in [0.1, 0.15) is 6.10 Å². The molecule has 2 heterocycles. The average molecular weight is 337 g/mol. The number of ether oxygens (including phenoxy) is 2. The van der Waals surface area contributed by atoms with Gasteiger partial charge in [-0.2, -0.15) is 13.9 Å². The van der Waals surface area contributed by atoms with E-state index in [0.29, 0.717) is 23.5 Å². The Hall–Kier alpha value is -1.83. The second-order valence-electron chi connectivity index (χ2n) is 6.21. The van der Waals surface area contributed by atoms with Crippen LogP contribution in [-0.4, -0.2) is 28.2 Å². The number of nitrogens with one attached hydrogen (secondary N) is 1. The van der Waals surface area contributed by atoms with E-state index in [-0.39, 0.29) is 12.1 Å². The van der Waals surface area contributed by atoms with Crippen LogP contribution in [0.5, 0.6) is 0 Å². The Kier molecular flexibility index (Phi) is 4.93. The molecule has 0 unspecified atom stereocenters. The minimum absolute atomic E-state index is 0.0999. The van der Waals surface area contributed by atoms with E-state index in [1.807, 2.05) is 44.2 Å². The van der Waals surface area contributed by atoms with Gasteiger partial charge in [0.2, 0.25) is 0 Å². The molecule has 5 nitrogen and oxygen atoms in total. The lowest BCUT2D eigenvalue weighted by Gasteiger charge is -2.41. The van der Waals surface area contributed by atoms with Crippen LogP contribution >= 0.6 is 0 Å². The van der Waals surface area contributed by atoms with Crippen LogP contribution in [-0.2, 0) is 16.0 Å². The van der Waals surface area contributed by atoms with E-state index in [2.05, 4.69) is 10.4 Å². The van der Waals surface area contributed by atoms with Gasteiger partial charge in [-0.15, -0.1) is 0 Å². The first-order chi connectivity index (χ1) is 11.4. The fraction of sp³-hybridized carbons (Fsp3) is 0.471. The number of rotatable bonds is 5. The van der Waals surface area contributed by atoms with Gasteiger partial charge in [0.05, 0.1) is 18.3 Å². The summed E-state index contributed by atoms with van der Waals surface area (Å²) in [7, 11) is 0. The first-order valence-corrected chi connectivity index (χ1v) is 7.87. The molecule has 3 rings (SSSR count). The van der Waals surface area contributed by atoms with Crippen LogP contribution in [0.2, 0.25) is 0 Å². The number of aromatic nitrogens is 2.